The number of methoxy groups -OCH3 is 1. The molecule has 0 unspecified atom stereocenters. The van der Waals surface area contributed by atoms with E-state index in [1.54, 1.807) is 13.2 Å². The molecule has 31 heavy (non-hydrogen) atoms. The molecule has 0 aliphatic heterocycles. The lowest BCUT2D eigenvalue weighted by atomic mass is 10.1. The summed E-state index contributed by atoms with van der Waals surface area (Å²) >= 11 is 2.92. The van der Waals surface area contributed by atoms with Crippen molar-refractivity contribution < 1.29 is 14.1 Å². The van der Waals surface area contributed by atoms with Crippen LogP contribution in [0.4, 0.5) is 5.13 Å². The maximum atomic E-state index is 13.0. The van der Waals surface area contributed by atoms with Crippen molar-refractivity contribution in [1.29, 1.82) is 0 Å². The monoisotopic (exact) mass is 451 g/mol. The second-order valence-electron chi connectivity index (χ2n) is 6.92. The molecular weight excluding hydrogens is 430 g/mol. The number of anilines is 1. The summed E-state index contributed by atoms with van der Waals surface area (Å²) < 4.78 is 10.7. The number of aromatic nitrogens is 2. The van der Waals surface area contributed by atoms with Crippen LogP contribution in [0.15, 0.2) is 63.3 Å². The van der Waals surface area contributed by atoms with E-state index in [2.05, 4.69) is 15.5 Å². The SMILES string of the molecule is COc1ccc(C)cc1-c1csc(NC(=O)c2ccccc2SCc2cc(C)no2)n1. The minimum atomic E-state index is -0.200. The smallest absolute Gasteiger partial charge is 0.258 e. The molecule has 0 radical (unpaired) electrons. The van der Waals surface area contributed by atoms with Crippen molar-refractivity contribution in [2.75, 3.05) is 12.4 Å². The van der Waals surface area contributed by atoms with Gasteiger partial charge in [0.15, 0.2) is 5.13 Å². The minimum Gasteiger partial charge on any atom is -0.496 e. The standard InChI is InChI=1S/C23H21N3O3S2/c1-14-8-9-20(28-3)18(10-14)19-13-31-23(24-19)25-22(27)17-6-4-5-7-21(17)30-12-16-11-15(2)26-29-16/h4-11,13H,12H2,1-3H3,(H,24,25,27). The van der Waals surface area contributed by atoms with Gasteiger partial charge in [-0.1, -0.05) is 28.9 Å². The van der Waals surface area contributed by atoms with Crippen LogP contribution in [0, 0.1) is 13.8 Å². The summed E-state index contributed by atoms with van der Waals surface area (Å²) in [6, 6.07) is 15.3. The predicted octanol–water partition coefficient (Wildman–Crippen LogP) is 5.97. The Balaban J connectivity index is 1.50. The molecule has 2 aromatic heterocycles. The number of hydrogen-bond donors (Lipinski definition) is 1. The fraction of sp³-hybridized carbons (Fsp3) is 0.174. The summed E-state index contributed by atoms with van der Waals surface area (Å²) in [6.45, 7) is 3.90. The molecule has 4 aromatic rings. The van der Waals surface area contributed by atoms with E-state index >= 15 is 0 Å². The molecule has 158 valence electrons. The van der Waals surface area contributed by atoms with E-state index in [1.807, 2.05) is 61.7 Å². The van der Waals surface area contributed by atoms with Crippen LogP contribution in [0.2, 0.25) is 0 Å². The van der Waals surface area contributed by atoms with Gasteiger partial charge in [-0.15, -0.1) is 23.1 Å². The van der Waals surface area contributed by atoms with Crippen molar-refractivity contribution in [2.45, 2.75) is 24.5 Å². The lowest BCUT2D eigenvalue weighted by Gasteiger charge is -2.08. The molecule has 1 amide bonds. The van der Waals surface area contributed by atoms with E-state index < -0.39 is 0 Å². The van der Waals surface area contributed by atoms with E-state index in [1.165, 1.54) is 23.1 Å². The molecule has 2 aromatic carbocycles. The Morgan fingerprint density at radius 3 is 2.81 bits per heavy atom. The first-order chi connectivity index (χ1) is 15.0. The molecular formula is C23H21N3O3S2. The molecule has 2 heterocycles. The van der Waals surface area contributed by atoms with E-state index in [0.717, 1.165) is 38.9 Å². The van der Waals surface area contributed by atoms with Crippen molar-refractivity contribution in [3.05, 3.63) is 76.5 Å². The fourth-order valence-corrected chi connectivity index (χ4v) is 4.69. The molecule has 0 fully saturated rings. The van der Waals surface area contributed by atoms with Gasteiger partial charge in [0.05, 0.1) is 29.8 Å². The summed E-state index contributed by atoms with van der Waals surface area (Å²) in [5, 5.41) is 9.28. The van der Waals surface area contributed by atoms with E-state index in [0.29, 0.717) is 16.4 Å². The molecule has 0 bridgehead atoms. The van der Waals surface area contributed by atoms with Crippen molar-refractivity contribution in [3.8, 4) is 17.0 Å². The van der Waals surface area contributed by atoms with Gasteiger partial charge in [-0.3, -0.25) is 10.1 Å². The number of ether oxygens (including phenoxy) is 1. The highest BCUT2D eigenvalue weighted by molar-refractivity contribution is 7.98. The highest BCUT2D eigenvalue weighted by Crippen LogP contribution is 2.33. The van der Waals surface area contributed by atoms with Crippen LogP contribution >= 0.6 is 23.1 Å². The third-order valence-corrected chi connectivity index (χ3v) is 6.39. The van der Waals surface area contributed by atoms with E-state index in [4.69, 9.17) is 9.26 Å². The summed E-state index contributed by atoms with van der Waals surface area (Å²) in [4.78, 5) is 18.4. The fourth-order valence-electron chi connectivity index (χ4n) is 3.05. The number of nitrogens with zero attached hydrogens (tertiary/aromatic N) is 2. The van der Waals surface area contributed by atoms with E-state index in [9.17, 15) is 4.79 Å². The molecule has 8 heteroatoms. The van der Waals surface area contributed by atoms with Crippen molar-refractivity contribution in [3.63, 3.8) is 0 Å². The molecule has 0 aliphatic rings. The summed E-state index contributed by atoms with van der Waals surface area (Å²) in [6.07, 6.45) is 0. The molecule has 0 spiro atoms. The largest absolute Gasteiger partial charge is 0.496 e. The lowest BCUT2D eigenvalue weighted by molar-refractivity contribution is 0.102. The van der Waals surface area contributed by atoms with Gasteiger partial charge < -0.3 is 9.26 Å². The minimum absolute atomic E-state index is 0.200. The Hall–Kier alpha value is -3.10. The van der Waals surface area contributed by atoms with E-state index in [-0.39, 0.29) is 5.91 Å². The Bertz CT molecular complexity index is 1220. The third kappa shape index (κ3) is 4.98. The molecule has 4 rings (SSSR count). The van der Waals surface area contributed by atoms with Gasteiger partial charge in [-0.05, 0) is 38.1 Å². The van der Waals surface area contributed by atoms with Crippen LogP contribution in [-0.4, -0.2) is 23.2 Å². The zero-order chi connectivity index (χ0) is 21.8. The van der Waals surface area contributed by atoms with Crippen LogP contribution in [0.5, 0.6) is 5.75 Å². The number of benzene rings is 2. The van der Waals surface area contributed by atoms with Crippen LogP contribution < -0.4 is 10.1 Å². The lowest BCUT2D eigenvalue weighted by Crippen LogP contribution is -2.12. The second-order valence-corrected chi connectivity index (χ2v) is 8.79. The Labute approximate surface area is 188 Å². The van der Waals surface area contributed by atoms with Gasteiger partial charge in [0.2, 0.25) is 0 Å². The average molecular weight is 452 g/mol. The zero-order valence-corrected chi connectivity index (χ0v) is 19.0. The second kappa shape index (κ2) is 9.36. The quantitative estimate of drug-likeness (QED) is 0.349. The number of hydrogen-bond acceptors (Lipinski definition) is 7. The van der Waals surface area contributed by atoms with Crippen LogP contribution in [-0.2, 0) is 5.75 Å². The van der Waals surface area contributed by atoms with Crippen molar-refractivity contribution in [1.82, 2.24) is 10.1 Å². The van der Waals surface area contributed by atoms with Crippen molar-refractivity contribution in [2.24, 2.45) is 0 Å². The molecule has 1 N–H and O–H groups in total. The molecule has 0 aliphatic carbocycles. The first kappa shape index (κ1) is 21.1. The van der Waals surface area contributed by atoms with Gasteiger partial charge in [-0.2, -0.15) is 0 Å². The Morgan fingerprint density at radius 2 is 2.03 bits per heavy atom. The number of nitrogens with one attached hydrogen (secondary N) is 1. The number of amides is 1. The highest BCUT2D eigenvalue weighted by atomic mass is 32.2. The predicted molar refractivity (Wildman–Crippen MR) is 124 cm³/mol. The van der Waals surface area contributed by atoms with Crippen LogP contribution in [0.1, 0.15) is 27.4 Å². The topological polar surface area (TPSA) is 77.2 Å². The molecule has 0 saturated carbocycles. The van der Waals surface area contributed by atoms with Gasteiger partial charge in [0.25, 0.3) is 5.91 Å². The Morgan fingerprint density at radius 1 is 1.19 bits per heavy atom. The van der Waals surface area contributed by atoms with Crippen LogP contribution in [0.3, 0.4) is 0 Å². The molecule has 0 saturated heterocycles. The van der Waals surface area contributed by atoms with Crippen LogP contribution in [0.25, 0.3) is 11.3 Å². The van der Waals surface area contributed by atoms with Gasteiger partial charge in [-0.25, -0.2) is 4.98 Å². The first-order valence-electron chi connectivity index (χ1n) is 9.59. The number of thioether (sulfide) groups is 1. The number of carbonyl (C=O) groups is 1. The molecule has 6 nitrogen and oxygen atoms in total. The maximum Gasteiger partial charge on any atom is 0.258 e. The summed E-state index contributed by atoms with van der Waals surface area (Å²) in [7, 11) is 1.64. The number of thiazole rings is 1. The average Bonchev–Trinajstić information content (AvgIpc) is 3.41. The number of carbonyl (C=O) groups excluding carboxylic acids is 1. The summed E-state index contributed by atoms with van der Waals surface area (Å²) in [5.74, 6) is 1.92. The first-order valence-corrected chi connectivity index (χ1v) is 11.5. The van der Waals surface area contributed by atoms with Crippen molar-refractivity contribution >= 4 is 34.1 Å². The van der Waals surface area contributed by atoms with Gasteiger partial charge in [0, 0.05) is 21.9 Å². The zero-order valence-electron chi connectivity index (χ0n) is 17.3. The number of aryl methyl sites for hydroxylation is 2. The van der Waals surface area contributed by atoms with Gasteiger partial charge in [0.1, 0.15) is 11.5 Å². The summed E-state index contributed by atoms with van der Waals surface area (Å²) in [5.41, 5.74) is 4.21. The highest BCUT2D eigenvalue weighted by Gasteiger charge is 2.16. The normalized spacial score (nSPS) is 10.8. The number of rotatable bonds is 7. The maximum absolute atomic E-state index is 13.0. The van der Waals surface area contributed by atoms with Gasteiger partial charge >= 0.3 is 0 Å². The molecule has 0 atom stereocenters. The third-order valence-electron chi connectivity index (χ3n) is 4.53. The Kier molecular flexibility index (Phi) is 6.39.